The van der Waals surface area contributed by atoms with E-state index in [9.17, 15) is 0 Å². The van der Waals surface area contributed by atoms with Crippen LogP contribution in [0.25, 0.3) is 0 Å². The van der Waals surface area contributed by atoms with Crippen LogP contribution in [0, 0.1) is 13.8 Å². The molecule has 17 heavy (non-hydrogen) atoms. The lowest BCUT2D eigenvalue weighted by Crippen LogP contribution is -2.07. The molecule has 0 aliphatic heterocycles. The van der Waals surface area contributed by atoms with Gasteiger partial charge < -0.3 is 5.32 Å². The van der Waals surface area contributed by atoms with Crippen LogP contribution in [0.3, 0.4) is 0 Å². The van der Waals surface area contributed by atoms with Crippen molar-refractivity contribution in [1.29, 1.82) is 0 Å². The van der Waals surface area contributed by atoms with Crippen LogP contribution in [0.2, 0.25) is 0 Å². The van der Waals surface area contributed by atoms with Crippen LogP contribution in [0.5, 0.6) is 0 Å². The first-order chi connectivity index (χ1) is 8.10. The summed E-state index contributed by atoms with van der Waals surface area (Å²) in [6.07, 6.45) is 2.04. The number of hydrogen-bond acceptors (Lipinski definition) is 3. The molecule has 0 fully saturated rings. The Hall–Kier alpha value is -1.78. The summed E-state index contributed by atoms with van der Waals surface area (Å²) in [7, 11) is 1.94. The molecule has 0 aliphatic rings. The second-order valence-electron chi connectivity index (χ2n) is 4.25. The fourth-order valence-corrected chi connectivity index (χ4v) is 1.94. The van der Waals surface area contributed by atoms with Gasteiger partial charge in [-0.05, 0) is 20.8 Å². The van der Waals surface area contributed by atoms with E-state index in [4.69, 9.17) is 0 Å². The maximum Gasteiger partial charge on any atom is 0.124 e. The fraction of sp³-hybridized carbons (Fsp3) is 0.500. The topological polar surface area (TPSA) is 47.7 Å². The van der Waals surface area contributed by atoms with Crippen molar-refractivity contribution in [1.82, 2.24) is 19.6 Å². The number of anilines is 1. The van der Waals surface area contributed by atoms with Crippen LogP contribution >= 0.6 is 0 Å². The predicted molar refractivity (Wildman–Crippen MR) is 67.9 cm³/mol. The molecule has 1 N–H and O–H groups in total. The zero-order valence-electron chi connectivity index (χ0n) is 10.9. The minimum absolute atomic E-state index is 0.783. The number of nitrogens with zero attached hydrogens (tertiary/aromatic N) is 4. The van der Waals surface area contributed by atoms with E-state index >= 15 is 0 Å². The van der Waals surface area contributed by atoms with E-state index in [1.54, 1.807) is 0 Å². The molecule has 0 bridgehead atoms. The number of nitrogens with one attached hydrogen (secondary N) is 1. The fourth-order valence-electron chi connectivity index (χ4n) is 1.94. The van der Waals surface area contributed by atoms with Gasteiger partial charge >= 0.3 is 0 Å². The van der Waals surface area contributed by atoms with Gasteiger partial charge in [0.25, 0.3) is 0 Å². The van der Waals surface area contributed by atoms with Gasteiger partial charge in [-0.25, -0.2) is 4.68 Å². The molecular weight excluding hydrogens is 214 g/mol. The third kappa shape index (κ3) is 2.49. The van der Waals surface area contributed by atoms with Gasteiger partial charge in [-0.15, -0.1) is 0 Å². The molecule has 2 aromatic rings. The largest absolute Gasteiger partial charge is 0.366 e. The molecule has 2 rings (SSSR count). The van der Waals surface area contributed by atoms with Crippen LogP contribution < -0.4 is 5.32 Å². The van der Waals surface area contributed by atoms with Crippen LogP contribution in [0.15, 0.2) is 12.3 Å². The average molecular weight is 233 g/mol. The van der Waals surface area contributed by atoms with E-state index in [0.29, 0.717) is 0 Å². The van der Waals surface area contributed by atoms with Crippen LogP contribution in [0.1, 0.15) is 23.9 Å². The van der Waals surface area contributed by atoms with Crippen molar-refractivity contribution in [2.24, 2.45) is 7.05 Å². The van der Waals surface area contributed by atoms with Crippen LogP contribution in [0.4, 0.5) is 5.82 Å². The van der Waals surface area contributed by atoms with E-state index in [2.05, 4.69) is 28.5 Å². The lowest BCUT2D eigenvalue weighted by atomic mass is 10.2. The lowest BCUT2D eigenvalue weighted by molar-refractivity contribution is 0.657. The predicted octanol–water partition coefficient (Wildman–Crippen LogP) is 1.87. The highest BCUT2D eigenvalue weighted by molar-refractivity contribution is 5.38. The molecule has 0 radical (unpaired) electrons. The van der Waals surface area contributed by atoms with E-state index < -0.39 is 0 Å². The first kappa shape index (κ1) is 11.7. The van der Waals surface area contributed by atoms with Crippen LogP contribution in [-0.2, 0) is 20.1 Å². The summed E-state index contributed by atoms with van der Waals surface area (Å²) >= 11 is 0. The summed E-state index contributed by atoms with van der Waals surface area (Å²) in [5.74, 6) is 1.06. The van der Waals surface area contributed by atoms with Crippen molar-refractivity contribution in [2.45, 2.75) is 33.9 Å². The smallest absolute Gasteiger partial charge is 0.124 e. The third-order valence-corrected chi connectivity index (χ3v) is 2.78. The lowest BCUT2D eigenvalue weighted by Gasteiger charge is -2.07. The Labute approximate surface area is 101 Å². The summed E-state index contributed by atoms with van der Waals surface area (Å²) in [4.78, 5) is 0. The number of aryl methyl sites for hydroxylation is 4. The molecule has 0 amide bonds. The van der Waals surface area contributed by atoms with Crippen molar-refractivity contribution in [3.8, 4) is 0 Å². The van der Waals surface area contributed by atoms with Crippen LogP contribution in [-0.4, -0.2) is 19.6 Å². The van der Waals surface area contributed by atoms with Gasteiger partial charge in [0.15, 0.2) is 0 Å². The summed E-state index contributed by atoms with van der Waals surface area (Å²) < 4.78 is 3.82. The summed E-state index contributed by atoms with van der Waals surface area (Å²) in [6.45, 7) is 7.78. The summed E-state index contributed by atoms with van der Waals surface area (Å²) in [5.41, 5.74) is 3.32. The SMILES string of the molecule is CCn1nc(C)cc1NCc1cn(C)nc1C. The Morgan fingerprint density at radius 2 is 2.06 bits per heavy atom. The Balaban J connectivity index is 2.09. The first-order valence-electron chi connectivity index (χ1n) is 5.87. The van der Waals surface area contributed by atoms with Crippen molar-refractivity contribution in [3.63, 3.8) is 0 Å². The molecule has 2 aromatic heterocycles. The first-order valence-corrected chi connectivity index (χ1v) is 5.87. The Morgan fingerprint density at radius 3 is 2.65 bits per heavy atom. The molecule has 5 heteroatoms. The van der Waals surface area contributed by atoms with Gasteiger partial charge in [0, 0.05) is 38.0 Å². The van der Waals surface area contributed by atoms with Gasteiger partial charge in [-0.3, -0.25) is 4.68 Å². The molecule has 0 unspecified atom stereocenters. The maximum absolute atomic E-state index is 4.40. The molecule has 0 aromatic carbocycles. The maximum atomic E-state index is 4.40. The quantitative estimate of drug-likeness (QED) is 0.877. The average Bonchev–Trinajstić information content (AvgIpc) is 2.78. The minimum Gasteiger partial charge on any atom is -0.366 e. The normalized spacial score (nSPS) is 10.8. The van der Waals surface area contributed by atoms with E-state index in [0.717, 1.165) is 30.3 Å². The molecule has 0 spiro atoms. The monoisotopic (exact) mass is 233 g/mol. The molecule has 0 aliphatic carbocycles. The second kappa shape index (κ2) is 4.61. The van der Waals surface area contributed by atoms with Crippen molar-refractivity contribution < 1.29 is 0 Å². The molecule has 0 saturated heterocycles. The zero-order valence-corrected chi connectivity index (χ0v) is 10.9. The van der Waals surface area contributed by atoms with E-state index in [-0.39, 0.29) is 0 Å². The van der Waals surface area contributed by atoms with Gasteiger partial charge in [0.1, 0.15) is 5.82 Å². The number of aromatic nitrogens is 4. The van der Waals surface area contributed by atoms with E-state index in [1.807, 2.05) is 36.5 Å². The van der Waals surface area contributed by atoms with Gasteiger partial charge in [0.05, 0.1) is 11.4 Å². The molecule has 5 nitrogen and oxygen atoms in total. The van der Waals surface area contributed by atoms with Gasteiger partial charge in [0.2, 0.25) is 0 Å². The Kier molecular flexibility index (Phi) is 3.17. The molecule has 0 saturated carbocycles. The standard InChI is InChI=1S/C12H19N5/c1-5-17-12(6-9(2)14-17)13-7-11-8-16(4)15-10(11)3/h6,8,13H,5,7H2,1-4H3. The second-order valence-corrected chi connectivity index (χ2v) is 4.25. The highest BCUT2D eigenvalue weighted by Gasteiger charge is 2.06. The zero-order chi connectivity index (χ0) is 12.4. The third-order valence-electron chi connectivity index (χ3n) is 2.78. The van der Waals surface area contributed by atoms with E-state index in [1.165, 1.54) is 5.56 Å². The van der Waals surface area contributed by atoms with Gasteiger partial charge in [-0.2, -0.15) is 10.2 Å². The summed E-state index contributed by atoms with van der Waals surface area (Å²) in [5, 5.41) is 12.1. The molecule has 92 valence electrons. The number of rotatable bonds is 4. The summed E-state index contributed by atoms with van der Waals surface area (Å²) in [6, 6.07) is 2.06. The Bertz CT molecular complexity index is 509. The molecule has 0 atom stereocenters. The van der Waals surface area contributed by atoms with Gasteiger partial charge in [-0.1, -0.05) is 0 Å². The minimum atomic E-state index is 0.783. The highest BCUT2D eigenvalue weighted by atomic mass is 15.3. The number of hydrogen-bond donors (Lipinski definition) is 1. The Morgan fingerprint density at radius 1 is 1.29 bits per heavy atom. The van der Waals surface area contributed by atoms with Crippen molar-refractivity contribution in [3.05, 3.63) is 29.2 Å². The van der Waals surface area contributed by atoms with Crippen molar-refractivity contribution in [2.75, 3.05) is 5.32 Å². The van der Waals surface area contributed by atoms with Crippen molar-refractivity contribution >= 4 is 5.82 Å². The highest BCUT2D eigenvalue weighted by Crippen LogP contribution is 2.13. The molecule has 2 heterocycles. The molecular formula is C12H19N5.